The minimum absolute atomic E-state index is 0.156. The lowest BCUT2D eigenvalue weighted by Gasteiger charge is -2.19. The molecule has 34 heavy (non-hydrogen) atoms. The van der Waals surface area contributed by atoms with Gasteiger partial charge in [-0.15, -0.1) is 0 Å². The Morgan fingerprint density at radius 3 is 2.35 bits per heavy atom. The molecule has 0 saturated carbocycles. The number of Topliss-reactive ketones (excluding diaryl/α,β-unsaturated/α-hetero) is 1. The van der Waals surface area contributed by atoms with Crippen LogP contribution in [0, 0.1) is 0 Å². The number of ether oxygens (including phenoxy) is 2. The fourth-order valence-corrected chi connectivity index (χ4v) is 3.03. The molecule has 1 atom stereocenters. The van der Waals surface area contributed by atoms with E-state index in [0.717, 1.165) is 0 Å². The summed E-state index contributed by atoms with van der Waals surface area (Å²) in [5.74, 6) is -1.54. The SMILES string of the molecule is CCOC(=O)c1ccccc1NC(=O)C(CC(=O)NCC(=O)c1ccc(OC)cc1)NB(C)O. The van der Waals surface area contributed by atoms with Gasteiger partial charge in [0.05, 0.1) is 44.0 Å². The van der Waals surface area contributed by atoms with Crippen molar-refractivity contribution in [1.29, 1.82) is 0 Å². The van der Waals surface area contributed by atoms with Crippen LogP contribution in [0.2, 0.25) is 6.82 Å². The number of esters is 1. The molecule has 0 bridgehead atoms. The maximum absolute atomic E-state index is 12.8. The van der Waals surface area contributed by atoms with Crippen LogP contribution >= 0.6 is 0 Å². The molecule has 0 fully saturated rings. The van der Waals surface area contributed by atoms with Crippen molar-refractivity contribution in [3.63, 3.8) is 0 Å². The number of hydrogen-bond acceptors (Lipinski definition) is 8. The fraction of sp³-hybridized carbons (Fsp3) is 0.304. The molecule has 2 amide bonds. The summed E-state index contributed by atoms with van der Waals surface area (Å²) in [4.78, 5) is 49.7. The lowest BCUT2D eigenvalue weighted by atomic mass is 9.86. The van der Waals surface area contributed by atoms with Gasteiger partial charge in [-0.2, -0.15) is 0 Å². The van der Waals surface area contributed by atoms with Gasteiger partial charge in [0.1, 0.15) is 5.75 Å². The molecule has 0 aliphatic heterocycles. The van der Waals surface area contributed by atoms with Crippen LogP contribution in [-0.2, 0) is 14.3 Å². The Labute approximate surface area is 198 Å². The van der Waals surface area contributed by atoms with Crippen molar-refractivity contribution in [3.8, 4) is 5.75 Å². The van der Waals surface area contributed by atoms with Gasteiger partial charge in [0, 0.05) is 5.56 Å². The van der Waals surface area contributed by atoms with Gasteiger partial charge in [-0.1, -0.05) is 12.1 Å². The van der Waals surface area contributed by atoms with Crippen molar-refractivity contribution < 1.29 is 33.7 Å². The molecule has 1 unspecified atom stereocenters. The van der Waals surface area contributed by atoms with E-state index in [1.165, 1.54) is 26.1 Å². The largest absolute Gasteiger partial charge is 0.497 e. The molecule has 4 N–H and O–H groups in total. The van der Waals surface area contributed by atoms with Crippen molar-refractivity contribution in [2.24, 2.45) is 0 Å². The van der Waals surface area contributed by atoms with Gasteiger partial charge in [0.15, 0.2) is 5.78 Å². The van der Waals surface area contributed by atoms with Gasteiger partial charge >= 0.3 is 13.0 Å². The fourth-order valence-electron chi connectivity index (χ4n) is 3.03. The number of benzene rings is 2. The van der Waals surface area contributed by atoms with Crippen LogP contribution in [-0.4, -0.2) is 61.9 Å². The van der Waals surface area contributed by atoms with E-state index in [1.807, 2.05) is 0 Å². The van der Waals surface area contributed by atoms with Gasteiger partial charge in [0.25, 0.3) is 0 Å². The van der Waals surface area contributed by atoms with Crippen LogP contribution in [0.3, 0.4) is 0 Å². The number of hydrogen-bond donors (Lipinski definition) is 4. The van der Waals surface area contributed by atoms with Crippen LogP contribution in [0.1, 0.15) is 34.1 Å². The van der Waals surface area contributed by atoms with Crippen molar-refractivity contribution in [3.05, 3.63) is 59.7 Å². The summed E-state index contributed by atoms with van der Waals surface area (Å²) in [5.41, 5.74) is 0.759. The van der Waals surface area contributed by atoms with Crippen LogP contribution in [0.25, 0.3) is 0 Å². The van der Waals surface area contributed by atoms with Crippen molar-refractivity contribution in [2.75, 3.05) is 25.6 Å². The van der Waals surface area contributed by atoms with E-state index in [0.29, 0.717) is 11.3 Å². The molecule has 0 spiro atoms. The zero-order valence-electron chi connectivity index (χ0n) is 19.3. The number of methoxy groups -OCH3 is 1. The predicted molar refractivity (Wildman–Crippen MR) is 127 cm³/mol. The average Bonchev–Trinajstić information content (AvgIpc) is 2.82. The summed E-state index contributed by atoms with van der Waals surface area (Å²) < 4.78 is 10.0. The van der Waals surface area contributed by atoms with Crippen molar-refractivity contribution in [1.82, 2.24) is 10.5 Å². The smallest absolute Gasteiger partial charge is 0.374 e. The summed E-state index contributed by atoms with van der Waals surface area (Å²) in [6.45, 7) is 2.97. The second-order valence-electron chi connectivity index (χ2n) is 7.28. The molecule has 10 nitrogen and oxygen atoms in total. The normalized spacial score (nSPS) is 11.2. The maximum Gasteiger partial charge on any atom is 0.374 e. The first-order chi connectivity index (χ1) is 16.2. The first kappa shape index (κ1) is 26.6. The number of rotatable bonds is 12. The van der Waals surface area contributed by atoms with Crippen LogP contribution in [0.4, 0.5) is 5.69 Å². The van der Waals surface area contributed by atoms with E-state index in [2.05, 4.69) is 15.9 Å². The zero-order chi connectivity index (χ0) is 25.1. The molecule has 0 saturated heterocycles. The van der Waals surface area contributed by atoms with Crippen LogP contribution < -0.4 is 20.6 Å². The van der Waals surface area contributed by atoms with Gasteiger partial charge in [-0.3, -0.25) is 14.4 Å². The Bertz CT molecular complexity index is 1010. The number of anilines is 1. The van der Waals surface area contributed by atoms with Gasteiger partial charge in [0.2, 0.25) is 11.8 Å². The maximum atomic E-state index is 12.8. The average molecular weight is 469 g/mol. The van der Waals surface area contributed by atoms with Crippen LogP contribution in [0.15, 0.2) is 48.5 Å². The highest BCUT2D eigenvalue weighted by Crippen LogP contribution is 2.17. The summed E-state index contributed by atoms with van der Waals surface area (Å²) in [5, 5.41) is 17.4. The third-order valence-corrected chi connectivity index (χ3v) is 4.69. The molecular weight excluding hydrogens is 441 g/mol. The summed E-state index contributed by atoms with van der Waals surface area (Å²) >= 11 is 0. The Kier molecular flexibility index (Phi) is 10.2. The first-order valence-corrected chi connectivity index (χ1v) is 10.7. The molecule has 0 aromatic heterocycles. The minimum atomic E-state index is -1.13. The molecule has 0 aliphatic carbocycles. The third kappa shape index (κ3) is 8.02. The topological polar surface area (TPSA) is 143 Å². The highest BCUT2D eigenvalue weighted by molar-refractivity contribution is 6.46. The van der Waals surface area contributed by atoms with Gasteiger partial charge in [-0.25, -0.2) is 4.79 Å². The highest BCUT2D eigenvalue weighted by atomic mass is 16.5. The molecule has 2 aromatic carbocycles. The zero-order valence-corrected chi connectivity index (χ0v) is 19.3. The number of nitrogens with one attached hydrogen (secondary N) is 3. The molecule has 180 valence electrons. The quantitative estimate of drug-likeness (QED) is 0.207. The van der Waals surface area contributed by atoms with E-state index in [4.69, 9.17) is 9.47 Å². The minimum Gasteiger partial charge on any atom is -0.497 e. The number of carbonyl (C=O) groups is 4. The lowest BCUT2D eigenvalue weighted by molar-refractivity contribution is -0.125. The van der Waals surface area contributed by atoms with Gasteiger partial charge < -0.3 is 30.4 Å². The Morgan fingerprint density at radius 1 is 1.06 bits per heavy atom. The number of ketones is 1. The van der Waals surface area contributed by atoms with E-state index >= 15 is 0 Å². The molecule has 2 rings (SSSR count). The third-order valence-electron chi connectivity index (χ3n) is 4.69. The van der Waals surface area contributed by atoms with E-state index in [9.17, 15) is 24.2 Å². The van der Waals surface area contributed by atoms with Crippen LogP contribution in [0.5, 0.6) is 5.75 Å². The molecule has 2 aromatic rings. The predicted octanol–water partition coefficient (Wildman–Crippen LogP) is 1.27. The summed E-state index contributed by atoms with van der Waals surface area (Å²) in [6.07, 6.45) is -0.353. The standard InChI is InChI=1S/C23H28BN3O7/c1-4-34-23(31)17-7-5-6-8-18(17)26-22(30)19(27-24(2)32)13-21(29)25-14-20(28)15-9-11-16(33-3)12-10-15/h5-12,19,27,32H,4,13-14H2,1-3H3,(H,25,29)(H,26,30). The van der Waals surface area contributed by atoms with Gasteiger partial charge in [-0.05, 0) is 50.1 Å². The number of para-hydroxylation sites is 1. The second-order valence-corrected chi connectivity index (χ2v) is 7.28. The number of carbonyl (C=O) groups excluding carboxylic acids is 4. The Hall–Kier alpha value is -3.70. The molecular formula is C23H28BN3O7. The Balaban J connectivity index is 2.02. The number of amides is 2. The highest BCUT2D eigenvalue weighted by Gasteiger charge is 2.26. The summed E-state index contributed by atoms with van der Waals surface area (Å²) in [6, 6.07) is 11.6. The Morgan fingerprint density at radius 2 is 1.74 bits per heavy atom. The van der Waals surface area contributed by atoms with E-state index in [-0.39, 0.29) is 36.6 Å². The lowest BCUT2D eigenvalue weighted by Crippen LogP contribution is -2.49. The van der Waals surface area contributed by atoms with Crippen molar-refractivity contribution in [2.45, 2.75) is 26.2 Å². The molecule has 0 radical (unpaired) electrons. The second kappa shape index (κ2) is 13.1. The van der Waals surface area contributed by atoms with E-state index in [1.54, 1.807) is 43.3 Å². The van der Waals surface area contributed by atoms with Crippen molar-refractivity contribution >= 4 is 36.3 Å². The van der Waals surface area contributed by atoms with E-state index < -0.39 is 30.9 Å². The first-order valence-electron chi connectivity index (χ1n) is 10.7. The monoisotopic (exact) mass is 469 g/mol. The summed E-state index contributed by atoms with van der Waals surface area (Å²) in [7, 11) is 0.421. The molecule has 11 heteroatoms. The molecule has 0 heterocycles. The molecule has 0 aliphatic rings.